The number of nitrogens with one attached hydrogen (secondary N) is 1. The molecule has 0 heterocycles. The second-order valence-corrected chi connectivity index (χ2v) is 4.62. The molecule has 3 nitrogen and oxygen atoms in total. The van der Waals surface area contributed by atoms with Crippen molar-refractivity contribution >= 4 is 5.97 Å². The lowest BCUT2D eigenvalue weighted by Gasteiger charge is -2.28. The Morgan fingerprint density at radius 1 is 1.20 bits per heavy atom. The van der Waals surface area contributed by atoms with Gasteiger partial charge in [-0.2, -0.15) is 13.2 Å². The quantitative estimate of drug-likeness (QED) is 0.847. The third-order valence-electron chi connectivity index (χ3n) is 3.11. The van der Waals surface area contributed by atoms with Gasteiger partial charge >= 0.3 is 12.1 Å². The zero-order chi connectivity index (χ0) is 15.4. The smallest absolute Gasteiger partial charge is 0.416 e. The Bertz CT molecular complexity index is 456. The minimum absolute atomic E-state index is 0.436. The van der Waals surface area contributed by atoms with Crippen molar-refractivity contribution in [2.75, 3.05) is 13.7 Å². The first kappa shape index (κ1) is 16.5. The third kappa shape index (κ3) is 3.50. The van der Waals surface area contributed by atoms with Gasteiger partial charge in [0.05, 0.1) is 12.7 Å². The number of rotatable bonds is 5. The van der Waals surface area contributed by atoms with Crippen molar-refractivity contribution in [3.8, 4) is 0 Å². The summed E-state index contributed by atoms with van der Waals surface area (Å²) in [5, 5.41) is 3.02. The molecule has 0 fully saturated rings. The molecule has 0 saturated carbocycles. The summed E-state index contributed by atoms with van der Waals surface area (Å²) in [5.41, 5.74) is -1.47. The molecule has 0 aliphatic carbocycles. The second kappa shape index (κ2) is 6.26. The summed E-state index contributed by atoms with van der Waals surface area (Å²) >= 11 is 0. The van der Waals surface area contributed by atoms with Gasteiger partial charge in [0.2, 0.25) is 0 Å². The number of alkyl halides is 3. The maximum Gasteiger partial charge on any atom is 0.416 e. The normalized spacial score (nSPS) is 14.7. The summed E-state index contributed by atoms with van der Waals surface area (Å²) in [7, 11) is 1.25. The number of hydrogen-bond acceptors (Lipinski definition) is 3. The van der Waals surface area contributed by atoms with E-state index in [1.54, 1.807) is 6.92 Å². The van der Waals surface area contributed by atoms with Crippen LogP contribution in [0.3, 0.4) is 0 Å². The number of esters is 1. The molecule has 0 aliphatic rings. The largest absolute Gasteiger partial charge is 0.467 e. The van der Waals surface area contributed by atoms with Crippen molar-refractivity contribution in [1.82, 2.24) is 5.32 Å². The van der Waals surface area contributed by atoms with Crippen molar-refractivity contribution in [2.24, 2.45) is 0 Å². The van der Waals surface area contributed by atoms with E-state index in [1.807, 2.05) is 6.92 Å². The summed E-state index contributed by atoms with van der Waals surface area (Å²) in [4.78, 5) is 11.9. The topological polar surface area (TPSA) is 38.3 Å². The predicted molar refractivity (Wildman–Crippen MR) is 69.1 cm³/mol. The fourth-order valence-electron chi connectivity index (χ4n) is 1.86. The number of carbonyl (C=O) groups is 1. The van der Waals surface area contributed by atoms with Crippen LogP contribution in [0.1, 0.15) is 31.4 Å². The van der Waals surface area contributed by atoms with Crippen LogP contribution in [-0.4, -0.2) is 19.6 Å². The van der Waals surface area contributed by atoms with Gasteiger partial charge in [0.1, 0.15) is 5.54 Å². The van der Waals surface area contributed by atoms with Crippen LogP contribution < -0.4 is 5.32 Å². The molecule has 0 saturated heterocycles. The van der Waals surface area contributed by atoms with Crippen LogP contribution in [0.25, 0.3) is 0 Å². The van der Waals surface area contributed by atoms with Gasteiger partial charge in [0.25, 0.3) is 0 Å². The number of hydrogen-bond donors (Lipinski definition) is 1. The van der Waals surface area contributed by atoms with Crippen LogP contribution in [0.5, 0.6) is 0 Å². The minimum Gasteiger partial charge on any atom is -0.467 e. The highest BCUT2D eigenvalue weighted by Crippen LogP contribution is 2.31. The zero-order valence-electron chi connectivity index (χ0n) is 11.7. The standard InChI is InChI=1S/C14H18F3NO2/c1-4-9-18-13(2,12(19)20-3)10-5-7-11(8-6-10)14(15,16)17/h5-8,18H,4,9H2,1-3H3. The van der Waals surface area contributed by atoms with E-state index in [1.165, 1.54) is 19.2 Å². The summed E-state index contributed by atoms with van der Waals surface area (Å²) in [5.74, 6) is -0.536. The van der Waals surface area contributed by atoms with Crippen LogP contribution in [-0.2, 0) is 21.2 Å². The molecule has 1 unspecified atom stereocenters. The van der Waals surface area contributed by atoms with Gasteiger partial charge in [-0.1, -0.05) is 19.1 Å². The maximum absolute atomic E-state index is 12.5. The first-order chi connectivity index (χ1) is 9.25. The highest BCUT2D eigenvalue weighted by Gasteiger charge is 2.37. The Morgan fingerprint density at radius 2 is 1.70 bits per heavy atom. The van der Waals surface area contributed by atoms with Gasteiger partial charge in [0.15, 0.2) is 0 Å². The average molecular weight is 289 g/mol. The highest BCUT2D eigenvalue weighted by atomic mass is 19.4. The van der Waals surface area contributed by atoms with Crippen LogP contribution in [0.4, 0.5) is 13.2 Å². The summed E-state index contributed by atoms with van der Waals surface area (Å²) in [6.07, 6.45) is -3.61. The molecule has 0 amide bonds. The molecule has 112 valence electrons. The summed E-state index contributed by atoms with van der Waals surface area (Å²) < 4.78 is 42.3. The Hall–Kier alpha value is -1.56. The molecule has 1 aromatic rings. The molecule has 1 atom stereocenters. The SMILES string of the molecule is CCCNC(C)(C(=O)OC)c1ccc(C(F)(F)F)cc1. The first-order valence-corrected chi connectivity index (χ1v) is 6.27. The molecule has 0 aliphatic heterocycles. The lowest BCUT2D eigenvalue weighted by molar-refractivity contribution is -0.148. The van der Waals surface area contributed by atoms with Crippen LogP contribution in [0, 0.1) is 0 Å². The second-order valence-electron chi connectivity index (χ2n) is 4.62. The first-order valence-electron chi connectivity index (χ1n) is 6.27. The number of methoxy groups -OCH3 is 1. The van der Waals surface area contributed by atoms with Crippen molar-refractivity contribution in [2.45, 2.75) is 32.0 Å². The molecular formula is C14H18F3NO2. The number of ether oxygens (including phenoxy) is 1. The number of halogens is 3. The fourth-order valence-corrected chi connectivity index (χ4v) is 1.86. The molecule has 1 rings (SSSR count). The molecule has 0 bridgehead atoms. The van der Waals surface area contributed by atoms with E-state index >= 15 is 0 Å². The van der Waals surface area contributed by atoms with Crippen molar-refractivity contribution in [1.29, 1.82) is 0 Å². The van der Waals surface area contributed by atoms with Gasteiger partial charge in [-0.25, -0.2) is 4.79 Å². The molecule has 6 heteroatoms. The lowest BCUT2D eigenvalue weighted by atomic mass is 9.91. The van der Waals surface area contributed by atoms with Crippen molar-refractivity contribution in [3.63, 3.8) is 0 Å². The van der Waals surface area contributed by atoms with Gasteiger partial charge in [-0.05, 0) is 37.6 Å². The molecule has 0 spiro atoms. The number of benzene rings is 1. The van der Waals surface area contributed by atoms with Gasteiger partial charge in [-0.15, -0.1) is 0 Å². The van der Waals surface area contributed by atoms with Crippen molar-refractivity contribution in [3.05, 3.63) is 35.4 Å². The Labute approximate surface area is 116 Å². The number of carbonyl (C=O) groups excluding carboxylic acids is 1. The highest BCUT2D eigenvalue weighted by molar-refractivity contribution is 5.82. The van der Waals surface area contributed by atoms with Gasteiger partial charge < -0.3 is 4.74 Å². The zero-order valence-corrected chi connectivity index (χ0v) is 11.7. The van der Waals surface area contributed by atoms with Gasteiger partial charge in [-0.3, -0.25) is 5.32 Å². The van der Waals surface area contributed by atoms with E-state index in [0.717, 1.165) is 18.6 Å². The average Bonchev–Trinajstić information content (AvgIpc) is 2.43. The van der Waals surface area contributed by atoms with E-state index < -0.39 is 23.2 Å². The molecule has 1 N–H and O–H groups in total. The van der Waals surface area contributed by atoms with E-state index in [4.69, 9.17) is 4.74 Å². The van der Waals surface area contributed by atoms with E-state index in [2.05, 4.69) is 5.32 Å². The molecular weight excluding hydrogens is 271 g/mol. The monoisotopic (exact) mass is 289 g/mol. The van der Waals surface area contributed by atoms with Crippen molar-refractivity contribution < 1.29 is 22.7 Å². The Morgan fingerprint density at radius 3 is 2.10 bits per heavy atom. The fraction of sp³-hybridized carbons (Fsp3) is 0.500. The summed E-state index contributed by atoms with van der Waals surface area (Å²) in [6, 6.07) is 4.51. The Kier molecular flexibility index (Phi) is 5.16. The predicted octanol–water partition coefficient (Wildman–Crippen LogP) is 3.09. The lowest BCUT2D eigenvalue weighted by Crippen LogP contribution is -2.47. The third-order valence-corrected chi connectivity index (χ3v) is 3.11. The molecule has 0 aromatic heterocycles. The van der Waals surface area contributed by atoms with Crippen LogP contribution in [0.2, 0.25) is 0 Å². The minimum atomic E-state index is -4.39. The Balaban J connectivity index is 3.12. The molecule has 20 heavy (non-hydrogen) atoms. The maximum atomic E-state index is 12.5. The van der Waals surface area contributed by atoms with Crippen LogP contribution >= 0.6 is 0 Å². The van der Waals surface area contributed by atoms with E-state index in [0.29, 0.717) is 12.1 Å². The van der Waals surface area contributed by atoms with E-state index in [-0.39, 0.29) is 0 Å². The van der Waals surface area contributed by atoms with E-state index in [9.17, 15) is 18.0 Å². The van der Waals surface area contributed by atoms with Gasteiger partial charge in [0, 0.05) is 0 Å². The van der Waals surface area contributed by atoms with Crippen LogP contribution in [0.15, 0.2) is 24.3 Å². The summed E-state index contributed by atoms with van der Waals surface area (Å²) in [6.45, 7) is 4.07. The molecule has 0 radical (unpaired) electrons. The molecule has 1 aromatic carbocycles.